The van der Waals surface area contributed by atoms with Crippen molar-refractivity contribution in [2.45, 2.75) is 101 Å². The number of nitrogens with two attached hydrogens (primary N) is 2. The van der Waals surface area contributed by atoms with Gasteiger partial charge in [-0.1, -0.05) is 62.3 Å². The highest BCUT2D eigenvalue weighted by molar-refractivity contribution is 6.05. The van der Waals surface area contributed by atoms with E-state index >= 15 is 0 Å². The number of anilines is 4. The summed E-state index contributed by atoms with van der Waals surface area (Å²) in [6, 6.07) is 3.96. The first-order valence-electron chi connectivity index (χ1n) is 18.0. The van der Waals surface area contributed by atoms with E-state index in [4.69, 9.17) is 11.5 Å². The van der Waals surface area contributed by atoms with Crippen LogP contribution in [0.15, 0.2) is 36.9 Å². The summed E-state index contributed by atoms with van der Waals surface area (Å²) in [5.41, 5.74) is 16.1. The molecule has 6 N–H and O–H groups in total. The van der Waals surface area contributed by atoms with Gasteiger partial charge in [0.1, 0.15) is 0 Å². The van der Waals surface area contributed by atoms with E-state index in [2.05, 4.69) is 76.2 Å². The molecule has 0 radical (unpaired) electrons. The van der Waals surface area contributed by atoms with Crippen LogP contribution in [0.2, 0.25) is 0 Å². The quantitative estimate of drug-likeness (QED) is 0.167. The largest absolute Gasteiger partial charge is 0.380 e. The first-order valence-corrected chi connectivity index (χ1v) is 18.0. The van der Waals surface area contributed by atoms with Crippen molar-refractivity contribution in [3.8, 4) is 0 Å². The van der Waals surface area contributed by atoms with E-state index in [1.165, 1.54) is 12.4 Å². The molecule has 2 aliphatic rings. The summed E-state index contributed by atoms with van der Waals surface area (Å²) < 4.78 is 3.36. The van der Waals surface area contributed by atoms with Crippen molar-refractivity contribution in [1.29, 1.82) is 0 Å². The third-order valence-corrected chi connectivity index (χ3v) is 10.0. The number of β-lactam (4-membered cyclic amide) rings is 1. The molecule has 3 atom stereocenters. The number of carbonyl (C=O) groups is 4. The Morgan fingerprint density at radius 1 is 0.769 bits per heavy atom. The fraction of sp³-hybridized carbons (Fsp3) is 0.526. The minimum Gasteiger partial charge on any atom is -0.380 e. The van der Waals surface area contributed by atoms with Crippen LogP contribution in [0, 0.1) is 16.7 Å². The van der Waals surface area contributed by atoms with Gasteiger partial charge in [0.25, 0.3) is 11.8 Å². The van der Waals surface area contributed by atoms with Crippen LogP contribution in [-0.4, -0.2) is 68.0 Å². The van der Waals surface area contributed by atoms with Crippen molar-refractivity contribution < 1.29 is 19.2 Å². The Morgan fingerprint density at radius 3 is 1.50 bits per heavy atom. The summed E-state index contributed by atoms with van der Waals surface area (Å²) in [5, 5.41) is 15.4. The summed E-state index contributed by atoms with van der Waals surface area (Å²) in [6.07, 6.45) is 7.97. The molecule has 2 aliphatic heterocycles. The monoisotopic (exact) mass is 716 g/mol. The molecule has 0 aromatic carbocycles. The maximum Gasteiger partial charge on any atom is 0.252 e. The van der Waals surface area contributed by atoms with Gasteiger partial charge in [-0.05, 0) is 43.2 Å². The molecular formula is C38H56N10O4. The van der Waals surface area contributed by atoms with Gasteiger partial charge in [0.05, 0.1) is 69.7 Å². The molecule has 6 rings (SSSR count). The van der Waals surface area contributed by atoms with E-state index in [9.17, 15) is 19.2 Å². The summed E-state index contributed by atoms with van der Waals surface area (Å²) in [5.74, 6) is -0.813. The number of carbonyl (C=O) groups excluding carboxylic acids is 4. The number of hydrogen-bond donors (Lipinski definition) is 4. The van der Waals surface area contributed by atoms with Crippen LogP contribution in [0.5, 0.6) is 0 Å². The lowest BCUT2D eigenvalue weighted by Crippen LogP contribution is -2.43. The zero-order valence-electron chi connectivity index (χ0n) is 32.5. The maximum atomic E-state index is 12.4. The van der Waals surface area contributed by atoms with E-state index < -0.39 is 11.8 Å². The Hall–Kier alpha value is -5.14. The molecule has 1 unspecified atom stereocenters. The summed E-state index contributed by atoms with van der Waals surface area (Å²) >= 11 is 0. The Morgan fingerprint density at radius 2 is 1.19 bits per heavy atom. The minimum absolute atomic E-state index is 0.00195. The van der Waals surface area contributed by atoms with Gasteiger partial charge in [0, 0.05) is 37.5 Å². The first-order chi connectivity index (χ1) is 24.3. The normalized spacial score (nSPS) is 17.2. The smallest absolute Gasteiger partial charge is 0.252 e. The molecule has 2 fully saturated rings. The zero-order chi connectivity index (χ0) is 38.9. The second-order valence-corrected chi connectivity index (χ2v) is 15.6. The molecule has 14 heteroatoms. The average Bonchev–Trinajstić information content (AvgIpc) is 3.77. The van der Waals surface area contributed by atoms with Crippen LogP contribution in [-0.2, 0) is 9.59 Å². The predicted molar refractivity (Wildman–Crippen MR) is 207 cm³/mol. The van der Waals surface area contributed by atoms with Gasteiger partial charge in [0.2, 0.25) is 11.8 Å². The SMILES string of the molecule is CC.CC1CCN(c2cc3c(N[C@H](C)C(C)(C)C)c(C(N)=O)cnn3c2)C1=O.C[C@@H](Nc1c(C(N)=O)cnn2cc(N3CCC3=O)cc12)C(C)(C)C. The highest BCUT2D eigenvalue weighted by atomic mass is 16.2. The van der Waals surface area contributed by atoms with Crippen molar-refractivity contribution in [3.63, 3.8) is 0 Å². The van der Waals surface area contributed by atoms with E-state index in [-0.39, 0.29) is 40.6 Å². The van der Waals surface area contributed by atoms with Crippen molar-refractivity contribution >= 4 is 57.4 Å². The van der Waals surface area contributed by atoms with Crippen LogP contribution in [0.25, 0.3) is 11.0 Å². The van der Waals surface area contributed by atoms with Gasteiger partial charge in [-0.2, -0.15) is 10.2 Å². The molecule has 4 amide bonds. The van der Waals surface area contributed by atoms with Gasteiger partial charge >= 0.3 is 0 Å². The van der Waals surface area contributed by atoms with Gasteiger partial charge in [-0.15, -0.1) is 0 Å². The Kier molecular flexibility index (Phi) is 11.6. The summed E-state index contributed by atoms with van der Waals surface area (Å²) in [7, 11) is 0. The third kappa shape index (κ3) is 8.16. The molecule has 6 heterocycles. The molecule has 0 spiro atoms. The Labute approximate surface area is 306 Å². The number of hydrogen-bond acceptors (Lipinski definition) is 8. The van der Waals surface area contributed by atoms with Crippen LogP contribution >= 0.6 is 0 Å². The molecule has 4 aromatic heterocycles. The van der Waals surface area contributed by atoms with Gasteiger partial charge in [-0.25, -0.2) is 9.03 Å². The lowest BCUT2D eigenvalue weighted by atomic mass is 9.88. The molecule has 2 saturated heterocycles. The number of fused-ring (bicyclic) bond motifs is 2. The molecule has 52 heavy (non-hydrogen) atoms. The van der Waals surface area contributed by atoms with E-state index in [0.717, 1.165) is 28.8 Å². The molecule has 4 aromatic rings. The number of primary amides is 2. The van der Waals surface area contributed by atoms with Gasteiger partial charge in [0.15, 0.2) is 0 Å². The van der Waals surface area contributed by atoms with Crippen LogP contribution < -0.4 is 31.9 Å². The topological polar surface area (TPSA) is 185 Å². The summed E-state index contributed by atoms with van der Waals surface area (Å²) in [6.45, 7) is 24.2. The average molecular weight is 717 g/mol. The van der Waals surface area contributed by atoms with Crippen molar-refractivity contribution in [2.24, 2.45) is 28.2 Å². The lowest BCUT2D eigenvalue weighted by molar-refractivity contribution is -0.122. The Bertz CT molecular complexity index is 1970. The van der Waals surface area contributed by atoms with E-state index in [1.54, 1.807) is 25.0 Å². The summed E-state index contributed by atoms with van der Waals surface area (Å²) in [4.78, 5) is 51.3. The number of nitrogens with one attached hydrogen (secondary N) is 2. The lowest BCUT2D eigenvalue weighted by Gasteiger charge is -2.30. The highest BCUT2D eigenvalue weighted by Crippen LogP contribution is 2.34. The maximum absolute atomic E-state index is 12.4. The fourth-order valence-corrected chi connectivity index (χ4v) is 5.59. The fourth-order valence-electron chi connectivity index (χ4n) is 5.59. The highest BCUT2D eigenvalue weighted by Gasteiger charge is 2.31. The molecule has 0 aliphatic carbocycles. The zero-order valence-corrected chi connectivity index (χ0v) is 32.5. The second-order valence-electron chi connectivity index (χ2n) is 15.6. The molecule has 14 nitrogen and oxygen atoms in total. The number of rotatable bonds is 8. The van der Waals surface area contributed by atoms with Crippen molar-refractivity contribution in [2.75, 3.05) is 33.5 Å². The molecule has 282 valence electrons. The number of nitrogens with zero attached hydrogens (tertiary/aromatic N) is 6. The predicted octanol–water partition coefficient (Wildman–Crippen LogP) is 5.70. The second kappa shape index (κ2) is 15.2. The van der Waals surface area contributed by atoms with Gasteiger partial charge < -0.3 is 31.9 Å². The van der Waals surface area contributed by atoms with Crippen molar-refractivity contribution in [3.05, 3.63) is 48.0 Å². The molecule has 0 saturated carbocycles. The van der Waals surface area contributed by atoms with E-state index in [1.807, 2.05) is 39.1 Å². The van der Waals surface area contributed by atoms with Crippen LogP contribution in [0.4, 0.5) is 22.7 Å². The first kappa shape index (κ1) is 39.6. The minimum atomic E-state index is -0.531. The standard InChI is InChI=1S/C19H27N5O2.C17H23N5O2.C2H6/c1-11-6-7-23(18(11)26)13-8-15-16(22-12(2)19(3,4)5)14(17(20)25)9-21-24(15)10-13;1-10(17(2,3)4)20-15-12(16(18)24)8-19-22-9-11(7-13(15)22)21-6-5-14(21)23;1-2/h8-12,22H,6-7H2,1-5H3,(H2,20,25);7-10,20H,5-6H2,1-4H3,(H2,18,24);1-2H3/t11?,12-;10-;/m11./s1. The number of amides is 4. The Balaban J connectivity index is 0.000000223. The van der Waals surface area contributed by atoms with Gasteiger partial charge in [-0.3, -0.25) is 19.2 Å². The molecular weight excluding hydrogens is 660 g/mol. The van der Waals surface area contributed by atoms with Crippen LogP contribution in [0.1, 0.15) is 110 Å². The third-order valence-electron chi connectivity index (χ3n) is 10.0. The van der Waals surface area contributed by atoms with Crippen LogP contribution in [0.3, 0.4) is 0 Å². The number of aromatic nitrogens is 4. The van der Waals surface area contributed by atoms with E-state index in [0.29, 0.717) is 42.0 Å². The van der Waals surface area contributed by atoms with Crippen molar-refractivity contribution in [1.82, 2.24) is 19.2 Å². The molecule has 0 bridgehead atoms.